The van der Waals surface area contributed by atoms with Gasteiger partial charge in [0.2, 0.25) is 0 Å². The number of halogens is 2. The zero-order chi connectivity index (χ0) is 34.7. The summed E-state index contributed by atoms with van der Waals surface area (Å²) in [6.45, 7) is 7.44. The van der Waals surface area contributed by atoms with Crippen LogP contribution < -0.4 is 29.1 Å². The molecule has 0 radical (unpaired) electrons. The monoisotopic (exact) mass is 755 g/mol. The number of ether oxygens (including phenoxy) is 4. The molecule has 0 amide bonds. The van der Waals surface area contributed by atoms with Crippen molar-refractivity contribution in [3.05, 3.63) is 122 Å². The van der Waals surface area contributed by atoms with Gasteiger partial charge in [0, 0.05) is 12.1 Å². The van der Waals surface area contributed by atoms with Crippen LogP contribution in [-0.2, 0) is 16.1 Å². The molecule has 14 heteroatoms. The van der Waals surface area contributed by atoms with Crippen molar-refractivity contribution in [3.63, 3.8) is 0 Å². The molecule has 1 aliphatic heterocycles. The van der Waals surface area contributed by atoms with Gasteiger partial charge in [0.05, 0.1) is 56.1 Å². The molecule has 1 atom stereocenters. The summed E-state index contributed by atoms with van der Waals surface area (Å²) in [5, 5.41) is 11.4. The van der Waals surface area contributed by atoms with Crippen LogP contribution in [0.4, 0.5) is 5.69 Å². The van der Waals surface area contributed by atoms with Crippen molar-refractivity contribution in [3.8, 4) is 17.2 Å². The number of thiazole rings is 1. The Morgan fingerprint density at radius 2 is 1.96 bits per heavy atom. The minimum Gasteiger partial charge on any atom is -0.493 e. The molecular weight excluding hydrogens is 726 g/mol. The molecule has 0 N–H and O–H groups in total. The number of nitrogens with zero attached hydrogens (tertiary/aromatic N) is 3. The highest BCUT2D eigenvalue weighted by molar-refractivity contribution is 9.10. The largest absolute Gasteiger partial charge is 0.493 e. The summed E-state index contributed by atoms with van der Waals surface area (Å²) in [7, 11) is 1.53. The van der Waals surface area contributed by atoms with Crippen molar-refractivity contribution in [1.29, 1.82) is 0 Å². The second-order valence-corrected chi connectivity index (χ2v) is 13.2. The lowest BCUT2D eigenvalue weighted by Crippen LogP contribution is -2.40. The van der Waals surface area contributed by atoms with E-state index in [9.17, 15) is 19.7 Å². The zero-order valence-corrected chi connectivity index (χ0v) is 29.8. The van der Waals surface area contributed by atoms with Gasteiger partial charge in [0.1, 0.15) is 6.61 Å². The molecule has 0 fully saturated rings. The molecule has 0 saturated heterocycles. The third-order valence-corrected chi connectivity index (χ3v) is 9.06. The predicted octanol–water partition coefficient (Wildman–Crippen LogP) is 6.50. The lowest BCUT2D eigenvalue weighted by atomic mass is 9.95. The lowest BCUT2D eigenvalue weighted by molar-refractivity contribution is -0.384. The summed E-state index contributed by atoms with van der Waals surface area (Å²) in [6, 6.07) is 14.0. The quantitative estimate of drug-likeness (QED) is 0.0964. The molecule has 1 aliphatic rings. The van der Waals surface area contributed by atoms with E-state index < -0.39 is 16.9 Å². The average Bonchev–Trinajstić information content (AvgIpc) is 3.33. The minimum absolute atomic E-state index is 0.0406. The van der Waals surface area contributed by atoms with Gasteiger partial charge in [-0.3, -0.25) is 19.5 Å². The number of carbonyl (C=O) groups excluding carboxylic acids is 1. The predicted molar refractivity (Wildman–Crippen MR) is 186 cm³/mol. The third-order valence-electron chi connectivity index (χ3n) is 7.21. The van der Waals surface area contributed by atoms with Crippen LogP contribution in [0, 0.1) is 10.1 Å². The normalized spacial score (nSPS) is 14.4. The average molecular weight is 757 g/mol. The smallest absolute Gasteiger partial charge is 0.338 e. The van der Waals surface area contributed by atoms with E-state index in [1.165, 1.54) is 35.1 Å². The first-order chi connectivity index (χ1) is 22.9. The number of esters is 1. The number of allylic oxidation sites excluding steroid dienone is 1. The summed E-state index contributed by atoms with van der Waals surface area (Å²) in [5.41, 5.74) is 2.09. The Morgan fingerprint density at radius 3 is 2.62 bits per heavy atom. The summed E-state index contributed by atoms with van der Waals surface area (Å²) in [5.74, 6) is 0.752. The van der Waals surface area contributed by atoms with E-state index in [2.05, 4.69) is 20.9 Å². The number of hydrogen-bond donors (Lipinski definition) is 0. The zero-order valence-electron chi connectivity index (χ0n) is 26.6. The highest BCUT2D eigenvalue weighted by atomic mass is 79.9. The first-order valence-corrected chi connectivity index (χ1v) is 16.8. The molecule has 48 heavy (non-hydrogen) atoms. The number of hydrogen-bond acceptors (Lipinski definition) is 10. The van der Waals surface area contributed by atoms with Gasteiger partial charge < -0.3 is 18.9 Å². The van der Waals surface area contributed by atoms with Gasteiger partial charge in [-0.15, -0.1) is 0 Å². The maximum absolute atomic E-state index is 14.1. The lowest BCUT2D eigenvalue weighted by Gasteiger charge is -2.25. The standard InChI is InChI=1S/C34H31BrClN3O8S/c1-6-45-33(41)29-19(4)37-34-38(30(29)22-10-11-26(47-18(2)3)27(16-22)44-5)32(40)28(48-34)15-21-13-24(35)31(25(36)14-21)46-17-20-8-7-9-23(12-20)39(42)43/h7-16,18,30H,6,17H2,1-5H3/b28-15-/t30-/m1/s1. The topological polar surface area (TPSA) is 131 Å². The summed E-state index contributed by atoms with van der Waals surface area (Å²) in [6.07, 6.45) is 1.59. The number of rotatable bonds is 11. The van der Waals surface area contributed by atoms with Crippen LogP contribution in [0.1, 0.15) is 50.4 Å². The molecule has 0 bridgehead atoms. The number of carbonyl (C=O) groups is 1. The molecule has 4 aromatic rings. The van der Waals surface area contributed by atoms with Crippen molar-refractivity contribution < 1.29 is 28.7 Å². The first-order valence-electron chi connectivity index (χ1n) is 14.8. The van der Waals surface area contributed by atoms with Crippen LogP contribution in [0.2, 0.25) is 5.02 Å². The number of non-ortho nitro benzene ring substituents is 1. The molecule has 250 valence electrons. The number of nitro groups is 1. The van der Waals surface area contributed by atoms with Crippen LogP contribution in [0.3, 0.4) is 0 Å². The third kappa shape index (κ3) is 7.33. The fourth-order valence-electron chi connectivity index (χ4n) is 5.18. The Kier molecular flexibility index (Phi) is 10.7. The number of benzene rings is 3. The van der Waals surface area contributed by atoms with Gasteiger partial charge in [0.15, 0.2) is 22.0 Å². The molecule has 0 spiro atoms. The van der Waals surface area contributed by atoms with E-state index in [-0.39, 0.29) is 41.2 Å². The fourth-order valence-corrected chi connectivity index (χ4v) is 7.22. The van der Waals surface area contributed by atoms with Crippen LogP contribution in [0.5, 0.6) is 17.2 Å². The Bertz CT molecular complexity index is 2100. The van der Waals surface area contributed by atoms with E-state index >= 15 is 0 Å². The second-order valence-electron chi connectivity index (χ2n) is 10.9. The second kappa shape index (κ2) is 14.8. The first kappa shape index (κ1) is 34.9. The van der Waals surface area contributed by atoms with Crippen LogP contribution in [0.15, 0.2) is 80.1 Å². The van der Waals surface area contributed by atoms with Crippen LogP contribution >= 0.6 is 38.9 Å². The molecular formula is C34H31BrClN3O8S. The van der Waals surface area contributed by atoms with Crippen molar-refractivity contribution in [1.82, 2.24) is 4.57 Å². The number of nitro benzene ring substituents is 1. The molecule has 0 saturated carbocycles. The van der Waals surface area contributed by atoms with Gasteiger partial charge in [-0.25, -0.2) is 9.79 Å². The summed E-state index contributed by atoms with van der Waals surface area (Å²) < 4.78 is 25.2. The van der Waals surface area contributed by atoms with Gasteiger partial charge in [-0.05, 0) is 90.7 Å². The molecule has 2 heterocycles. The Balaban J connectivity index is 1.55. The number of methoxy groups -OCH3 is 1. The van der Waals surface area contributed by atoms with E-state index in [0.29, 0.717) is 53.4 Å². The van der Waals surface area contributed by atoms with Crippen molar-refractivity contribution in [2.45, 2.75) is 46.4 Å². The van der Waals surface area contributed by atoms with Crippen molar-refractivity contribution in [2.75, 3.05) is 13.7 Å². The Morgan fingerprint density at radius 1 is 1.19 bits per heavy atom. The SMILES string of the molecule is CCOC(=O)C1=C(C)N=c2s/c(=C\c3cc(Cl)c(OCc4cccc([N+](=O)[O-])c4)c(Br)c3)c(=O)n2[C@@H]1c1ccc(OC(C)C)c(OC)c1. The Hall–Kier alpha value is -4.46. The van der Waals surface area contributed by atoms with E-state index in [0.717, 1.165) is 0 Å². The molecule has 5 rings (SSSR count). The van der Waals surface area contributed by atoms with Gasteiger partial charge >= 0.3 is 5.97 Å². The molecule has 3 aromatic carbocycles. The molecule has 0 unspecified atom stereocenters. The van der Waals surface area contributed by atoms with Crippen molar-refractivity contribution >= 4 is 56.6 Å². The van der Waals surface area contributed by atoms with E-state index in [1.807, 2.05) is 13.8 Å². The highest BCUT2D eigenvalue weighted by Crippen LogP contribution is 2.37. The summed E-state index contributed by atoms with van der Waals surface area (Å²) >= 11 is 11.3. The van der Waals surface area contributed by atoms with E-state index in [4.69, 9.17) is 30.5 Å². The van der Waals surface area contributed by atoms with Gasteiger partial charge in [-0.2, -0.15) is 0 Å². The van der Waals surface area contributed by atoms with E-state index in [1.54, 1.807) is 62.4 Å². The fraction of sp³-hybridized carbons (Fsp3) is 0.265. The summed E-state index contributed by atoms with van der Waals surface area (Å²) in [4.78, 5) is 43.1. The maximum atomic E-state index is 14.1. The van der Waals surface area contributed by atoms with Crippen molar-refractivity contribution in [2.24, 2.45) is 4.99 Å². The van der Waals surface area contributed by atoms with Gasteiger partial charge in [0.25, 0.3) is 11.2 Å². The Labute approximate surface area is 293 Å². The highest BCUT2D eigenvalue weighted by Gasteiger charge is 2.34. The van der Waals surface area contributed by atoms with Crippen LogP contribution in [-0.4, -0.2) is 35.3 Å². The van der Waals surface area contributed by atoms with Crippen LogP contribution in [0.25, 0.3) is 6.08 Å². The molecule has 0 aliphatic carbocycles. The molecule has 1 aromatic heterocycles. The maximum Gasteiger partial charge on any atom is 0.338 e. The minimum atomic E-state index is -0.843. The number of fused-ring (bicyclic) bond motifs is 1. The van der Waals surface area contributed by atoms with Gasteiger partial charge in [-0.1, -0.05) is 41.1 Å². The molecule has 11 nitrogen and oxygen atoms in total. The number of aromatic nitrogens is 1.